The first-order valence-corrected chi connectivity index (χ1v) is 9.57. The van der Waals surface area contributed by atoms with Gasteiger partial charge in [0, 0.05) is 17.6 Å². The fraction of sp³-hybridized carbons (Fsp3) is 0.333. The number of hydrogen-bond acceptors (Lipinski definition) is 4. The Labute approximate surface area is 167 Å². The minimum absolute atomic E-state index is 0.293. The van der Waals surface area contributed by atoms with Gasteiger partial charge in [0.25, 0.3) is 0 Å². The normalized spacial score (nSPS) is 13.7. The second-order valence-corrected chi connectivity index (χ2v) is 8.31. The SMILES string of the molecule is CC(C)(C)OC(=O)N1CCc2cc(Oc3cccc(Br)c3C=O)ccc2C1. The third-order valence-corrected chi connectivity index (χ3v) is 4.89. The van der Waals surface area contributed by atoms with Crippen LogP contribution in [-0.2, 0) is 17.7 Å². The molecule has 0 aromatic heterocycles. The van der Waals surface area contributed by atoms with Crippen molar-refractivity contribution in [1.29, 1.82) is 0 Å². The summed E-state index contributed by atoms with van der Waals surface area (Å²) in [5.41, 5.74) is 2.18. The number of nitrogens with zero attached hydrogens (tertiary/aromatic N) is 1. The summed E-state index contributed by atoms with van der Waals surface area (Å²) >= 11 is 3.36. The van der Waals surface area contributed by atoms with Gasteiger partial charge < -0.3 is 14.4 Å². The average Bonchev–Trinajstić information content (AvgIpc) is 2.60. The molecule has 0 saturated carbocycles. The number of rotatable bonds is 3. The van der Waals surface area contributed by atoms with E-state index in [0.29, 0.717) is 34.6 Å². The maximum absolute atomic E-state index is 12.3. The van der Waals surface area contributed by atoms with Crippen molar-refractivity contribution in [2.75, 3.05) is 6.54 Å². The Balaban J connectivity index is 1.75. The number of carbonyl (C=O) groups is 2. The molecule has 0 bridgehead atoms. The number of carbonyl (C=O) groups excluding carboxylic acids is 2. The molecule has 27 heavy (non-hydrogen) atoms. The van der Waals surface area contributed by atoms with Gasteiger partial charge in [0.05, 0.1) is 5.56 Å². The van der Waals surface area contributed by atoms with Gasteiger partial charge in [0.15, 0.2) is 6.29 Å². The predicted molar refractivity (Wildman–Crippen MR) is 106 cm³/mol. The molecule has 1 heterocycles. The molecule has 3 rings (SSSR count). The molecule has 0 radical (unpaired) electrons. The summed E-state index contributed by atoms with van der Waals surface area (Å²) in [4.78, 5) is 25.3. The molecule has 5 nitrogen and oxygen atoms in total. The molecule has 142 valence electrons. The Bertz CT molecular complexity index is 873. The van der Waals surface area contributed by atoms with Crippen LogP contribution in [0.25, 0.3) is 0 Å². The van der Waals surface area contributed by atoms with Crippen molar-refractivity contribution in [3.63, 3.8) is 0 Å². The van der Waals surface area contributed by atoms with Crippen molar-refractivity contribution < 1.29 is 19.1 Å². The zero-order valence-corrected chi connectivity index (χ0v) is 17.2. The van der Waals surface area contributed by atoms with Gasteiger partial charge in [-0.25, -0.2) is 4.79 Å². The summed E-state index contributed by atoms with van der Waals surface area (Å²) in [5, 5.41) is 0. The molecule has 2 aromatic rings. The molecule has 0 aliphatic carbocycles. The molecule has 0 N–H and O–H groups in total. The van der Waals surface area contributed by atoms with Crippen molar-refractivity contribution in [2.45, 2.75) is 39.3 Å². The standard InChI is InChI=1S/C21H22BrNO4/c1-21(2,3)27-20(25)23-10-9-14-11-16(8-7-15(14)12-23)26-19-6-4-5-18(22)17(19)13-24/h4-8,11,13H,9-10,12H2,1-3H3. The maximum Gasteiger partial charge on any atom is 0.410 e. The molecule has 0 fully saturated rings. The van der Waals surface area contributed by atoms with E-state index in [2.05, 4.69) is 15.9 Å². The van der Waals surface area contributed by atoms with Crippen LogP contribution in [0.3, 0.4) is 0 Å². The van der Waals surface area contributed by atoms with E-state index in [1.54, 1.807) is 17.0 Å². The van der Waals surface area contributed by atoms with Gasteiger partial charge in [-0.15, -0.1) is 0 Å². The van der Waals surface area contributed by atoms with Crippen molar-refractivity contribution >= 4 is 28.3 Å². The third kappa shape index (κ3) is 4.69. The zero-order chi connectivity index (χ0) is 19.6. The molecular formula is C21H22BrNO4. The van der Waals surface area contributed by atoms with Crippen LogP contribution < -0.4 is 4.74 Å². The van der Waals surface area contributed by atoms with Gasteiger partial charge in [0.1, 0.15) is 17.1 Å². The molecule has 6 heteroatoms. The molecule has 0 atom stereocenters. The fourth-order valence-electron chi connectivity index (χ4n) is 2.92. The van der Waals surface area contributed by atoms with Crippen LogP contribution in [0.1, 0.15) is 42.3 Å². The topological polar surface area (TPSA) is 55.8 Å². The smallest absolute Gasteiger partial charge is 0.410 e. The van der Waals surface area contributed by atoms with E-state index in [1.165, 1.54) is 0 Å². The first-order valence-electron chi connectivity index (χ1n) is 8.78. The minimum Gasteiger partial charge on any atom is -0.457 e. The van der Waals surface area contributed by atoms with E-state index in [0.717, 1.165) is 23.8 Å². The van der Waals surface area contributed by atoms with Crippen molar-refractivity contribution in [3.8, 4) is 11.5 Å². The quantitative estimate of drug-likeness (QED) is 0.614. The lowest BCUT2D eigenvalue weighted by Gasteiger charge is -2.31. The van der Waals surface area contributed by atoms with Crippen molar-refractivity contribution in [3.05, 3.63) is 57.6 Å². The van der Waals surface area contributed by atoms with Gasteiger partial charge in [-0.3, -0.25) is 4.79 Å². The van der Waals surface area contributed by atoms with Crippen LogP contribution in [0.4, 0.5) is 4.79 Å². The van der Waals surface area contributed by atoms with Crippen LogP contribution in [-0.4, -0.2) is 29.4 Å². The molecule has 1 aliphatic heterocycles. The monoisotopic (exact) mass is 431 g/mol. The summed E-state index contributed by atoms with van der Waals surface area (Å²) in [6, 6.07) is 11.2. The van der Waals surface area contributed by atoms with E-state index in [9.17, 15) is 9.59 Å². The Hall–Kier alpha value is -2.34. The zero-order valence-electron chi connectivity index (χ0n) is 15.6. The van der Waals surface area contributed by atoms with Gasteiger partial charge in [-0.2, -0.15) is 0 Å². The summed E-state index contributed by atoms with van der Waals surface area (Å²) < 4.78 is 12.1. The number of halogens is 1. The molecule has 0 saturated heterocycles. The van der Waals surface area contributed by atoms with Crippen LogP contribution in [0.2, 0.25) is 0 Å². The maximum atomic E-state index is 12.3. The number of ether oxygens (including phenoxy) is 2. The van der Waals surface area contributed by atoms with E-state index in [-0.39, 0.29) is 6.09 Å². The fourth-order valence-corrected chi connectivity index (χ4v) is 3.36. The highest BCUT2D eigenvalue weighted by Crippen LogP contribution is 2.31. The average molecular weight is 432 g/mol. The Morgan fingerprint density at radius 2 is 1.96 bits per heavy atom. The number of hydrogen-bond donors (Lipinski definition) is 0. The van der Waals surface area contributed by atoms with E-state index in [1.807, 2.05) is 45.0 Å². The van der Waals surface area contributed by atoms with Gasteiger partial charge in [-0.05, 0) is 78.5 Å². The highest BCUT2D eigenvalue weighted by Gasteiger charge is 2.26. The van der Waals surface area contributed by atoms with Crippen LogP contribution >= 0.6 is 15.9 Å². The van der Waals surface area contributed by atoms with Gasteiger partial charge >= 0.3 is 6.09 Å². The lowest BCUT2D eigenvalue weighted by atomic mass is 10.00. The number of amides is 1. The summed E-state index contributed by atoms with van der Waals surface area (Å²) in [7, 11) is 0. The highest BCUT2D eigenvalue weighted by atomic mass is 79.9. The second-order valence-electron chi connectivity index (χ2n) is 7.45. The molecule has 2 aromatic carbocycles. The Morgan fingerprint density at radius 3 is 2.67 bits per heavy atom. The predicted octanol–water partition coefficient (Wildman–Crippen LogP) is 5.35. The van der Waals surface area contributed by atoms with Crippen molar-refractivity contribution in [1.82, 2.24) is 4.90 Å². The Morgan fingerprint density at radius 1 is 1.19 bits per heavy atom. The number of benzene rings is 2. The van der Waals surface area contributed by atoms with Crippen molar-refractivity contribution in [2.24, 2.45) is 0 Å². The minimum atomic E-state index is -0.505. The van der Waals surface area contributed by atoms with Gasteiger partial charge in [0.2, 0.25) is 0 Å². The third-order valence-electron chi connectivity index (χ3n) is 4.20. The summed E-state index contributed by atoms with van der Waals surface area (Å²) in [6.07, 6.45) is 1.21. The molecule has 0 spiro atoms. The molecular weight excluding hydrogens is 410 g/mol. The Kier molecular flexibility index (Phi) is 5.56. The van der Waals surface area contributed by atoms with Crippen LogP contribution in [0.5, 0.6) is 11.5 Å². The first-order chi connectivity index (χ1) is 12.8. The second kappa shape index (κ2) is 7.72. The lowest BCUT2D eigenvalue weighted by Crippen LogP contribution is -2.39. The summed E-state index contributed by atoms with van der Waals surface area (Å²) in [5.74, 6) is 1.17. The lowest BCUT2D eigenvalue weighted by molar-refractivity contribution is 0.0224. The van der Waals surface area contributed by atoms with Crippen LogP contribution in [0.15, 0.2) is 40.9 Å². The number of aldehydes is 1. The highest BCUT2D eigenvalue weighted by molar-refractivity contribution is 9.10. The summed E-state index contributed by atoms with van der Waals surface area (Å²) in [6.45, 7) is 6.70. The first kappa shape index (κ1) is 19.4. The number of fused-ring (bicyclic) bond motifs is 1. The van der Waals surface area contributed by atoms with E-state index >= 15 is 0 Å². The van der Waals surface area contributed by atoms with Crippen LogP contribution in [0, 0.1) is 0 Å². The molecule has 0 unspecified atom stereocenters. The molecule has 1 amide bonds. The van der Waals surface area contributed by atoms with E-state index in [4.69, 9.17) is 9.47 Å². The van der Waals surface area contributed by atoms with Gasteiger partial charge in [-0.1, -0.05) is 12.1 Å². The molecule has 1 aliphatic rings. The van der Waals surface area contributed by atoms with E-state index < -0.39 is 5.60 Å². The largest absolute Gasteiger partial charge is 0.457 e.